The highest BCUT2D eigenvalue weighted by atomic mass is 32.1. The number of nitrogens with one attached hydrogen (secondary N) is 1. The predicted molar refractivity (Wildman–Crippen MR) is 88.7 cm³/mol. The number of thiazole rings is 1. The Labute approximate surface area is 131 Å². The van der Waals surface area contributed by atoms with Gasteiger partial charge >= 0.3 is 0 Å². The van der Waals surface area contributed by atoms with Crippen molar-refractivity contribution in [2.24, 2.45) is 7.05 Å². The molecular formula is C14H18N6OS. The van der Waals surface area contributed by atoms with E-state index in [1.807, 2.05) is 18.7 Å². The summed E-state index contributed by atoms with van der Waals surface area (Å²) in [7, 11) is 3.83. The second-order valence-corrected chi connectivity index (χ2v) is 6.59. The van der Waals surface area contributed by atoms with E-state index < -0.39 is 0 Å². The number of aromatic nitrogens is 4. The molecule has 1 fully saturated rings. The predicted octanol–water partition coefficient (Wildman–Crippen LogP) is 1.58. The zero-order valence-corrected chi connectivity index (χ0v) is 13.4. The van der Waals surface area contributed by atoms with Crippen molar-refractivity contribution in [3.05, 3.63) is 6.33 Å². The van der Waals surface area contributed by atoms with Crippen LogP contribution in [0.5, 0.6) is 0 Å². The first kappa shape index (κ1) is 13.7. The lowest BCUT2D eigenvalue weighted by atomic mass is 10.1. The van der Waals surface area contributed by atoms with E-state index in [0.29, 0.717) is 0 Å². The number of fused-ring (bicyclic) bond motifs is 3. The molecule has 7 nitrogen and oxygen atoms in total. The molecule has 1 aliphatic rings. The van der Waals surface area contributed by atoms with Gasteiger partial charge < -0.3 is 19.9 Å². The number of pyridine rings is 1. The Morgan fingerprint density at radius 3 is 2.77 bits per heavy atom. The lowest BCUT2D eigenvalue weighted by Crippen LogP contribution is -2.35. The first-order chi connectivity index (χ1) is 10.7. The van der Waals surface area contributed by atoms with E-state index in [9.17, 15) is 5.11 Å². The third-order valence-corrected chi connectivity index (χ3v) is 5.18. The SMILES string of the molecule is CNc1nc2sc(N3CCC(O)CC3)nc2c2c1ncn2C. The van der Waals surface area contributed by atoms with Crippen molar-refractivity contribution >= 4 is 43.7 Å². The number of aliphatic hydroxyl groups is 1. The molecule has 0 amide bonds. The quantitative estimate of drug-likeness (QED) is 0.747. The van der Waals surface area contributed by atoms with Crippen LogP contribution >= 0.6 is 11.3 Å². The standard InChI is InChI=1S/C14H18N6OS/c1-15-12-9-11(19(2)7-16-9)10-13(18-12)22-14(17-10)20-5-3-8(21)4-6-20/h7-8,21H,3-6H2,1-2H3,(H,15,18). The number of hydrogen-bond donors (Lipinski definition) is 2. The maximum atomic E-state index is 9.66. The molecule has 4 rings (SSSR count). The van der Waals surface area contributed by atoms with Gasteiger partial charge in [-0.1, -0.05) is 11.3 Å². The van der Waals surface area contributed by atoms with Gasteiger partial charge in [0.25, 0.3) is 0 Å². The van der Waals surface area contributed by atoms with Gasteiger partial charge in [-0.3, -0.25) is 0 Å². The molecule has 4 heterocycles. The van der Waals surface area contributed by atoms with Crippen LogP contribution in [0, 0.1) is 0 Å². The Bertz CT molecular complexity index is 833. The molecule has 1 saturated heterocycles. The van der Waals surface area contributed by atoms with Gasteiger partial charge in [0, 0.05) is 27.2 Å². The normalized spacial score (nSPS) is 16.8. The minimum atomic E-state index is -0.177. The highest BCUT2D eigenvalue weighted by Crippen LogP contribution is 2.35. The molecule has 2 N–H and O–H groups in total. The van der Waals surface area contributed by atoms with Gasteiger partial charge in [0.05, 0.1) is 12.4 Å². The van der Waals surface area contributed by atoms with Crippen LogP contribution in [0.2, 0.25) is 0 Å². The van der Waals surface area contributed by atoms with Gasteiger partial charge in [-0.25, -0.2) is 15.0 Å². The maximum Gasteiger partial charge on any atom is 0.188 e. The van der Waals surface area contributed by atoms with Gasteiger partial charge in [0.15, 0.2) is 10.9 Å². The third-order valence-electron chi connectivity index (χ3n) is 4.17. The number of rotatable bonds is 2. The van der Waals surface area contributed by atoms with Crippen LogP contribution < -0.4 is 10.2 Å². The highest BCUT2D eigenvalue weighted by Gasteiger charge is 2.22. The summed E-state index contributed by atoms with van der Waals surface area (Å²) < 4.78 is 1.99. The van der Waals surface area contributed by atoms with E-state index in [2.05, 4.69) is 20.2 Å². The zero-order valence-electron chi connectivity index (χ0n) is 12.6. The largest absolute Gasteiger partial charge is 0.393 e. The molecule has 22 heavy (non-hydrogen) atoms. The number of hydrogen-bond acceptors (Lipinski definition) is 7. The topological polar surface area (TPSA) is 79.1 Å². The maximum absolute atomic E-state index is 9.66. The zero-order chi connectivity index (χ0) is 15.3. The Kier molecular flexibility index (Phi) is 3.16. The van der Waals surface area contributed by atoms with Crippen LogP contribution in [-0.2, 0) is 7.05 Å². The smallest absolute Gasteiger partial charge is 0.188 e. The second-order valence-electron chi connectivity index (χ2n) is 5.63. The molecular weight excluding hydrogens is 300 g/mol. The van der Waals surface area contributed by atoms with E-state index >= 15 is 0 Å². The summed E-state index contributed by atoms with van der Waals surface area (Å²) in [6, 6.07) is 0. The summed E-state index contributed by atoms with van der Waals surface area (Å²) in [5, 5.41) is 13.7. The summed E-state index contributed by atoms with van der Waals surface area (Å²) in [6.45, 7) is 1.68. The van der Waals surface area contributed by atoms with Crippen molar-refractivity contribution in [1.82, 2.24) is 19.5 Å². The summed E-state index contributed by atoms with van der Waals surface area (Å²) in [5.41, 5.74) is 2.76. The Balaban J connectivity index is 1.86. The average molecular weight is 318 g/mol. The molecule has 0 spiro atoms. The Morgan fingerprint density at radius 2 is 2.05 bits per heavy atom. The van der Waals surface area contributed by atoms with E-state index in [4.69, 9.17) is 4.98 Å². The molecule has 8 heteroatoms. The van der Waals surface area contributed by atoms with Gasteiger partial charge in [-0.05, 0) is 12.8 Å². The molecule has 0 unspecified atom stereocenters. The molecule has 0 aromatic carbocycles. The van der Waals surface area contributed by atoms with Crippen LogP contribution in [0.25, 0.3) is 21.4 Å². The number of imidazole rings is 1. The van der Waals surface area contributed by atoms with E-state index in [1.54, 1.807) is 17.7 Å². The van der Waals surface area contributed by atoms with Crippen molar-refractivity contribution in [3.8, 4) is 0 Å². The molecule has 3 aromatic heterocycles. The lowest BCUT2D eigenvalue weighted by Gasteiger charge is -2.28. The van der Waals surface area contributed by atoms with Crippen molar-refractivity contribution in [2.75, 3.05) is 30.4 Å². The Hall–Kier alpha value is -1.93. The average Bonchev–Trinajstić information content (AvgIpc) is 3.10. The lowest BCUT2D eigenvalue weighted by molar-refractivity contribution is 0.145. The fourth-order valence-corrected chi connectivity index (χ4v) is 3.93. The fraction of sp³-hybridized carbons (Fsp3) is 0.500. The summed E-state index contributed by atoms with van der Waals surface area (Å²) in [6.07, 6.45) is 3.21. The highest BCUT2D eigenvalue weighted by molar-refractivity contribution is 7.22. The van der Waals surface area contributed by atoms with Gasteiger partial charge in [0.1, 0.15) is 21.4 Å². The van der Waals surface area contributed by atoms with E-state index in [0.717, 1.165) is 58.3 Å². The van der Waals surface area contributed by atoms with Crippen LogP contribution in [0.1, 0.15) is 12.8 Å². The number of nitrogens with zero attached hydrogens (tertiary/aromatic N) is 5. The monoisotopic (exact) mass is 318 g/mol. The minimum Gasteiger partial charge on any atom is -0.393 e. The molecule has 116 valence electrons. The Morgan fingerprint density at radius 1 is 1.27 bits per heavy atom. The van der Waals surface area contributed by atoms with Gasteiger partial charge in [-0.2, -0.15) is 0 Å². The first-order valence-electron chi connectivity index (χ1n) is 7.39. The summed E-state index contributed by atoms with van der Waals surface area (Å²) in [5.74, 6) is 0.785. The van der Waals surface area contributed by atoms with Crippen molar-refractivity contribution in [3.63, 3.8) is 0 Å². The van der Waals surface area contributed by atoms with E-state index in [1.165, 1.54) is 0 Å². The molecule has 0 radical (unpaired) electrons. The second kappa shape index (κ2) is 5.06. The van der Waals surface area contributed by atoms with Crippen molar-refractivity contribution in [1.29, 1.82) is 0 Å². The van der Waals surface area contributed by atoms with Gasteiger partial charge in [0.2, 0.25) is 0 Å². The molecule has 1 aliphatic heterocycles. The van der Waals surface area contributed by atoms with Crippen LogP contribution in [0.15, 0.2) is 6.33 Å². The fourth-order valence-electron chi connectivity index (χ4n) is 2.94. The van der Waals surface area contributed by atoms with Gasteiger partial charge in [-0.15, -0.1) is 0 Å². The molecule has 0 bridgehead atoms. The van der Waals surface area contributed by atoms with Crippen LogP contribution in [-0.4, -0.2) is 50.9 Å². The number of piperidine rings is 1. The van der Waals surface area contributed by atoms with Crippen LogP contribution in [0.4, 0.5) is 10.9 Å². The molecule has 0 saturated carbocycles. The molecule has 3 aromatic rings. The third kappa shape index (κ3) is 2.02. The number of aliphatic hydroxyl groups excluding tert-OH is 1. The summed E-state index contributed by atoms with van der Waals surface area (Å²) >= 11 is 1.60. The molecule has 0 atom stereocenters. The summed E-state index contributed by atoms with van der Waals surface area (Å²) in [4.78, 5) is 17.0. The number of aryl methyl sites for hydroxylation is 1. The van der Waals surface area contributed by atoms with Crippen LogP contribution in [0.3, 0.4) is 0 Å². The van der Waals surface area contributed by atoms with Crippen molar-refractivity contribution < 1.29 is 5.11 Å². The van der Waals surface area contributed by atoms with E-state index in [-0.39, 0.29) is 6.10 Å². The molecule has 0 aliphatic carbocycles. The first-order valence-corrected chi connectivity index (χ1v) is 8.21. The number of anilines is 2. The minimum absolute atomic E-state index is 0.177. The van der Waals surface area contributed by atoms with Crippen molar-refractivity contribution in [2.45, 2.75) is 18.9 Å².